The minimum Gasteiger partial charge on any atom is -0.485 e. The predicted octanol–water partition coefficient (Wildman–Crippen LogP) is 5.02. The van der Waals surface area contributed by atoms with Gasteiger partial charge in [-0.1, -0.05) is 29.8 Å². The largest absolute Gasteiger partial charge is 0.485 e. The zero-order valence-electron chi connectivity index (χ0n) is 15.8. The maximum atomic E-state index is 12.7. The van der Waals surface area contributed by atoms with Crippen LogP contribution in [0.1, 0.15) is 16.1 Å². The number of carbonyl (C=O) groups excluding carboxylic acids is 1. The summed E-state index contributed by atoms with van der Waals surface area (Å²) in [7, 11) is 0. The number of para-hydroxylation sites is 2. The lowest BCUT2D eigenvalue weighted by Crippen LogP contribution is -2.14. The van der Waals surface area contributed by atoms with Crippen molar-refractivity contribution in [2.24, 2.45) is 0 Å². The van der Waals surface area contributed by atoms with E-state index in [4.69, 9.17) is 16.3 Å². The van der Waals surface area contributed by atoms with Crippen LogP contribution in [0.25, 0.3) is 11.4 Å². The zero-order valence-corrected chi connectivity index (χ0v) is 16.6. The van der Waals surface area contributed by atoms with Gasteiger partial charge in [-0.25, -0.2) is 9.97 Å². The van der Waals surface area contributed by atoms with Gasteiger partial charge >= 0.3 is 0 Å². The summed E-state index contributed by atoms with van der Waals surface area (Å²) in [5.41, 5.74) is 2.51. The molecule has 0 saturated carbocycles. The average molecular weight is 417 g/mol. The number of halogens is 1. The van der Waals surface area contributed by atoms with Crippen LogP contribution in [0.4, 0.5) is 5.69 Å². The van der Waals surface area contributed by atoms with Crippen LogP contribution in [0, 0.1) is 0 Å². The van der Waals surface area contributed by atoms with E-state index in [2.05, 4.69) is 20.3 Å². The van der Waals surface area contributed by atoms with Crippen LogP contribution in [0.5, 0.6) is 5.75 Å². The molecule has 0 aliphatic rings. The summed E-state index contributed by atoms with van der Waals surface area (Å²) in [5.74, 6) is 0.740. The summed E-state index contributed by atoms with van der Waals surface area (Å²) in [4.78, 5) is 25.5. The van der Waals surface area contributed by atoms with Gasteiger partial charge in [0.25, 0.3) is 5.91 Å². The molecule has 6 nitrogen and oxygen atoms in total. The Labute approximate surface area is 178 Å². The normalized spacial score (nSPS) is 10.4. The Bertz CT molecular complexity index is 1130. The lowest BCUT2D eigenvalue weighted by Gasteiger charge is -2.12. The molecule has 2 aromatic heterocycles. The average Bonchev–Trinajstić information content (AvgIpc) is 2.80. The third-order valence-corrected chi connectivity index (χ3v) is 4.51. The van der Waals surface area contributed by atoms with Gasteiger partial charge in [-0.2, -0.15) is 0 Å². The molecule has 0 saturated heterocycles. The van der Waals surface area contributed by atoms with Crippen molar-refractivity contribution in [1.29, 1.82) is 0 Å². The molecule has 0 radical (unpaired) electrons. The number of ether oxygens (including phenoxy) is 1. The summed E-state index contributed by atoms with van der Waals surface area (Å²) in [6.45, 7) is 0.298. The first-order chi connectivity index (χ1) is 14.7. The molecule has 148 valence electrons. The Balaban J connectivity index is 1.45. The fourth-order valence-corrected chi connectivity index (χ4v) is 2.84. The topological polar surface area (TPSA) is 77.0 Å². The van der Waals surface area contributed by atoms with Gasteiger partial charge in [0, 0.05) is 29.2 Å². The van der Waals surface area contributed by atoms with Gasteiger partial charge in [0.1, 0.15) is 12.4 Å². The fraction of sp³-hybridized carbons (Fsp3) is 0.0435. The van der Waals surface area contributed by atoms with Gasteiger partial charge in [-0.15, -0.1) is 0 Å². The van der Waals surface area contributed by atoms with Gasteiger partial charge in [-0.05, 0) is 48.5 Å². The molecule has 2 aromatic carbocycles. The molecule has 4 aromatic rings. The van der Waals surface area contributed by atoms with Crippen LogP contribution in [-0.4, -0.2) is 20.9 Å². The van der Waals surface area contributed by atoms with Crippen LogP contribution < -0.4 is 10.1 Å². The van der Waals surface area contributed by atoms with Gasteiger partial charge < -0.3 is 10.1 Å². The SMILES string of the molecule is O=C(Nc1ccccc1OCc1ccccn1)c1cnc(-c2ccc(Cl)cc2)nc1. The second kappa shape index (κ2) is 9.15. The van der Waals surface area contributed by atoms with Crippen LogP contribution in [0.15, 0.2) is 85.3 Å². The molecule has 4 rings (SSSR count). The number of nitrogens with zero attached hydrogens (tertiary/aromatic N) is 3. The molecule has 2 heterocycles. The zero-order chi connectivity index (χ0) is 20.8. The van der Waals surface area contributed by atoms with Crippen LogP contribution in [0.2, 0.25) is 5.02 Å². The molecule has 7 heteroatoms. The van der Waals surface area contributed by atoms with E-state index >= 15 is 0 Å². The molecule has 30 heavy (non-hydrogen) atoms. The number of anilines is 1. The maximum Gasteiger partial charge on any atom is 0.258 e. The molecule has 0 atom stereocenters. The van der Waals surface area contributed by atoms with E-state index in [0.717, 1.165) is 11.3 Å². The van der Waals surface area contributed by atoms with Crippen molar-refractivity contribution < 1.29 is 9.53 Å². The highest BCUT2D eigenvalue weighted by atomic mass is 35.5. The van der Waals surface area contributed by atoms with E-state index in [9.17, 15) is 4.79 Å². The molecule has 1 N–H and O–H groups in total. The van der Waals surface area contributed by atoms with E-state index < -0.39 is 0 Å². The predicted molar refractivity (Wildman–Crippen MR) is 115 cm³/mol. The number of hydrogen-bond acceptors (Lipinski definition) is 5. The Kier molecular flexibility index (Phi) is 5.96. The van der Waals surface area contributed by atoms with E-state index in [-0.39, 0.29) is 5.91 Å². The van der Waals surface area contributed by atoms with Gasteiger partial charge in [-0.3, -0.25) is 9.78 Å². The highest BCUT2D eigenvalue weighted by Crippen LogP contribution is 2.25. The third-order valence-electron chi connectivity index (χ3n) is 4.25. The van der Waals surface area contributed by atoms with Gasteiger partial charge in [0.2, 0.25) is 0 Å². The molecule has 0 unspecified atom stereocenters. The Morgan fingerprint density at radius 1 is 0.900 bits per heavy atom. The highest BCUT2D eigenvalue weighted by molar-refractivity contribution is 6.30. The monoisotopic (exact) mass is 416 g/mol. The van der Waals surface area contributed by atoms with E-state index in [1.165, 1.54) is 12.4 Å². The number of benzene rings is 2. The molecule has 0 aliphatic carbocycles. The van der Waals surface area contributed by atoms with Crippen molar-refractivity contribution >= 4 is 23.2 Å². The van der Waals surface area contributed by atoms with Gasteiger partial charge in [0.15, 0.2) is 5.82 Å². The van der Waals surface area contributed by atoms with Crippen molar-refractivity contribution in [2.75, 3.05) is 5.32 Å². The molecule has 0 aliphatic heterocycles. The number of amides is 1. The minimum atomic E-state index is -0.327. The lowest BCUT2D eigenvalue weighted by atomic mass is 10.2. The molecular formula is C23H17ClN4O2. The van der Waals surface area contributed by atoms with Crippen molar-refractivity contribution in [3.63, 3.8) is 0 Å². The van der Waals surface area contributed by atoms with Crippen LogP contribution >= 0.6 is 11.6 Å². The number of rotatable bonds is 6. The van der Waals surface area contributed by atoms with E-state index in [1.54, 1.807) is 30.5 Å². The Morgan fingerprint density at radius 3 is 2.37 bits per heavy atom. The summed E-state index contributed by atoms with van der Waals surface area (Å²) in [6, 6.07) is 20.0. The van der Waals surface area contributed by atoms with Gasteiger partial charge in [0.05, 0.1) is 16.9 Å². The summed E-state index contributed by atoms with van der Waals surface area (Å²) in [6.07, 6.45) is 4.69. The van der Waals surface area contributed by atoms with E-state index in [0.29, 0.717) is 34.5 Å². The number of nitrogens with one attached hydrogen (secondary N) is 1. The number of aromatic nitrogens is 3. The van der Waals surface area contributed by atoms with Crippen molar-refractivity contribution in [1.82, 2.24) is 15.0 Å². The van der Waals surface area contributed by atoms with Crippen LogP contribution in [0.3, 0.4) is 0 Å². The smallest absolute Gasteiger partial charge is 0.258 e. The molecular weight excluding hydrogens is 400 g/mol. The molecule has 0 fully saturated rings. The number of pyridine rings is 1. The summed E-state index contributed by atoms with van der Waals surface area (Å²) < 4.78 is 5.83. The lowest BCUT2D eigenvalue weighted by molar-refractivity contribution is 0.102. The second-order valence-corrected chi connectivity index (χ2v) is 6.80. The number of hydrogen-bond donors (Lipinski definition) is 1. The standard InChI is InChI=1S/C23H17ClN4O2/c24-18-10-8-16(9-11-18)22-26-13-17(14-27-22)23(29)28-20-6-1-2-7-21(20)30-15-19-5-3-4-12-25-19/h1-14H,15H2,(H,28,29). The fourth-order valence-electron chi connectivity index (χ4n) is 2.72. The second-order valence-electron chi connectivity index (χ2n) is 6.36. The minimum absolute atomic E-state index is 0.298. The quantitative estimate of drug-likeness (QED) is 0.477. The highest BCUT2D eigenvalue weighted by Gasteiger charge is 2.12. The molecule has 1 amide bonds. The molecule has 0 spiro atoms. The van der Waals surface area contributed by atoms with Crippen molar-refractivity contribution in [3.05, 3.63) is 102 Å². The van der Waals surface area contributed by atoms with Crippen molar-refractivity contribution in [3.8, 4) is 17.1 Å². The summed E-state index contributed by atoms with van der Waals surface area (Å²) >= 11 is 5.91. The first kappa shape index (κ1) is 19.5. The van der Waals surface area contributed by atoms with Crippen molar-refractivity contribution in [2.45, 2.75) is 6.61 Å². The van der Waals surface area contributed by atoms with E-state index in [1.807, 2.05) is 42.5 Å². The third kappa shape index (κ3) is 4.79. The molecule has 0 bridgehead atoms. The number of carbonyl (C=O) groups is 1. The first-order valence-corrected chi connectivity index (χ1v) is 9.58. The maximum absolute atomic E-state index is 12.7. The Morgan fingerprint density at radius 2 is 1.63 bits per heavy atom. The van der Waals surface area contributed by atoms with Crippen LogP contribution in [-0.2, 0) is 6.61 Å². The summed E-state index contributed by atoms with van der Waals surface area (Å²) in [5, 5.41) is 3.49. The Hall–Kier alpha value is -3.77. The first-order valence-electron chi connectivity index (χ1n) is 9.20.